The number of halogens is 1. The highest BCUT2D eigenvalue weighted by Crippen LogP contribution is 2.18. The molecular weight excluding hydrogens is 247 g/mol. The summed E-state index contributed by atoms with van der Waals surface area (Å²) in [4.78, 5) is 16.2. The molecule has 0 aliphatic carbocycles. The number of nitrogens with one attached hydrogen (secondary N) is 1. The lowest BCUT2D eigenvalue weighted by Gasteiger charge is -2.14. The number of aliphatic hydroxyl groups excluding tert-OH is 1. The van der Waals surface area contributed by atoms with Crippen molar-refractivity contribution in [1.29, 1.82) is 0 Å². The minimum Gasteiger partial charge on any atom is -0.394 e. The van der Waals surface area contributed by atoms with E-state index in [9.17, 15) is 9.18 Å². The van der Waals surface area contributed by atoms with Crippen LogP contribution < -0.4 is 5.32 Å². The molecule has 0 unspecified atom stereocenters. The van der Waals surface area contributed by atoms with Gasteiger partial charge in [0.15, 0.2) is 0 Å². The normalized spacial score (nSPS) is 12.4. The van der Waals surface area contributed by atoms with Gasteiger partial charge in [0, 0.05) is 11.6 Å². The molecule has 2 N–H and O–H groups in total. The molecule has 1 aromatic carbocycles. The SMILES string of the molecule is CC[C@@H](CO)NC(=O)c1cc(F)cc2cccnc12. The molecule has 2 aromatic rings. The van der Waals surface area contributed by atoms with Crippen LogP contribution >= 0.6 is 0 Å². The van der Waals surface area contributed by atoms with Crippen LogP contribution in [-0.4, -0.2) is 28.6 Å². The summed E-state index contributed by atoms with van der Waals surface area (Å²) in [6.07, 6.45) is 2.16. The number of fused-ring (bicyclic) bond motifs is 1. The van der Waals surface area contributed by atoms with Crippen molar-refractivity contribution in [2.24, 2.45) is 0 Å². The standard InChI is InChI=1S/C14H15FN2O2/c1-2-11(8-18)17-14(19)12-7-10(15)6-9-4-3-5-16-13(9)12/h3-7,11,18H,2,8H2,1H3,(H,17,19)/t11-/m0/s1. The number of carbonyl (C=O) groups excluding carboxylic acids is 1. The summed E-state index contributed by atoms with van der Waals surface area (Å²) in [5.74, 6) is -0.910. The Hall–Kier alpha value is -2.01. The van der Waals surface area contributed by atoms with Crippen LogP contribution in [0.1, 0.15) is 23.7 Å². The Bertz CT molecular complexity index is 597. The van der Waals surface area contributed by atoms with Crippen molar-refractivity contribution >= 4 is 16.8 Å². The Morgan fingerprint density at radius 3 is 3.00 bits per heavy atom. The molecule has 0 aliphatic heterocycles. The number of benzene rings is 1. The average molecular weight is 262 g/mol. The van der Waals surface area contributed by atoms with Gasteiger partial charge in [0.1, 0.15) is 5.82 Å². The smallest absolute Gasteiger partial charge is 0.253 e. The maximum Gasteiger partial charge on any atom is 0.253 e. The van der Waals surface area contributed by atoms with E-state index in [0.717, 1.165) is 6.07 Å². The van der Waals surface area contributed by atoms with Crippen LogP contribution in [0, 0.1) is 5.82 Å². The van der Waals surface area contributed by atoms with Gasteiger partial charge in [0.25, 0.3) is 5.91 Å². The number of hydrogen-bond acceptors (Lipinski definition) is 3. The summed E-state index contributed by atoms with van der Waals surface area (Å²) in [5, 5.41) is 12.3. The second kappa shape index (κ2) is 5.75. The van der Waals surface area contributed by atoms with E-state index in [0.29, 0.717) is 17.3 Å². The van der Waals surface area contributed by atoms with Gasteiger partial charge in [-0.15, -0.1) is 0 Å². The number of amides is 1. The first kappa shape index (κ1) is 13.4. The van der Waals surface area contributed by atoms with Gasteiger partial charge in [-0.25, -0.2) is 4.39 Å². The molecule has 0 fully saturated rings. The van der Waals surface area contributed by atoms with Crippen LogP contribution in [0.3, 0.4) is 0 Å². The second-order valence-electron chi connectivity index (χ2n) is 4.29. The third kappa shape index (κ3) is 2.88. The van der Waals surface area contributed by atoms with Gasteiger partial charge in [-0.2, -0.15) is 0 Å². The van der Waals surface area contributed by atoms with Crippen LogP contribution in [0.5, 0.6) is 0 Å². The first-order valence-corrected chi connectivity index (χ1v) is 6.11. The Morgan fingerprint density at radius 2 is 2.32 bits per heavy atom. The molecule has 5 heteroatoms. The van der Waals surface area contributed by atoms with Crippen LogP contribution in [0.15, 0.2) is 30.5 Å². The predicted octanol–water partition coefficient (Wildman–Crippen LogP) is 1.87. The zero-order valence-corrected chi connectivity index (χ0v) is 10.6. The molecule has 0 aliphatic rings. The number of rotatable bonds is 4. The monoisotopic (exact) mass is 262 g/mol. The summed E-state index contributed by atoms with van der Waals surface area (Å²) in [7, 11) is 0. The highest BCUT2D eigenvalue weighted by molar-refractivity contribution is 6.05. The summed E-state index contributed by atoms with van der Waals surface area (Å²) in [6.45, 7) is 1.70. The summed E-state index contributed by atoms with van der Waals surface area (Å²) in [6, 6.07) is 5.55. The van der Waals surface area contributed by atoms with Crippen molar-refractivity contribution < 1.29 is 14.3 Å². The van der Waals surface area contributed by atoms with Gasteiger partial charge >= 0.3 is 0 Å². The third-order valence-corrected chi connectivity index (χ3v) is 2.96. The Labute approximate surface area is 110 Å². The second-order valence-corrected chi connectivity index (χ2v) is 4.29. The molecule has 0 saturated heterocycles. The highest BCUT2D eigenvalue weighted by atomic mass is 19.1. The molecule has 2 rings (SSSR count). The predicted molar refractivity (Wildman–Crippen MR) is 70.3 cm³/mol. The summed E-state index contributed by atoms with van der Waals surface area (Å²) in [5.41, 5.74) is 0.636. The lowest BCUT2D eigenvalue weighted by molar-refractivity contribution is 0.0916. The highest BCUT2D eigenvalue weighted by Gasteiger charge is 2.16. The topological polar surface area (TPSA) is 62.2 Å². The summed E-state index contributed by atoms with van der Waals surface area (Å²) < 4.78 is 13.5. The van der Waals surface area contributed by atoms with Crippen molar-refractivity contribution in [3.05, 3.63) is 41.8 Å². The first-order valence-electron chi connectivity index (χ1n) is 6.11. The van der Waals surface area contributed by atoms with Crippen LogP contribution in [0.4, 0.5) is 4.39 Å². The molecule has 1 atom stereocenters. The molecule has 0 spiro atoms. The van der Waals surface area contributed by atoms with Crippen molar-refractivity contribution in [2.45, 2.75) is 19.4 Å². The lowest BCUT2D eigenvalue weighted by atomic mass is 10.1. The summed E-state index contributed by atoms with van der Waals surface area (Å²) >= 11 is 0. The molecule has 100 valence electrons. The van der Waals surface area contributed by atoms with Gasteiger partial charge in [-0.1, -0.05) is 13.0 Å². The maximum absolute atomic E-state index is 13.5. The van der Waals surface area contributed by atoms with Crippen molar-refractivity contribution in [1.82, 2.24) is 10.3 Å². The molecule has 0 saturated carbocycles. The fourth-order valence-corrected chi connectivity index (χ4v) is 1.87. The molecule has 19 heavy (non-hydrogen) atoms. The largest absolute Gasteiger partial charge is 0.394 e. The van der Waals surface area contributed by atoms with E-state index in [4.69, 9.17) is 5.11 Å². The van der Waals surface area contributed by atoms with E-state index in [2.05, 4.69) is 10.3 Å². The van der Waals surface area contributed by atoms with E-state index in [-0.39, 0.29) is 18.2 Å². The number of nitrogens with zero attached hydrogens (tertiary/aromatic N) is 1. The number of pyridine rings is 1. The van der Waals surface area contributed by atoms with Gasteiger partial charge in [-0.05, 0) is 24.6 Å². The van der Waals surface area contributed by atoms with Gasteiger partial charge in [-0.3, -0.25) is 9.78 Å². The minimum atomic E-state index is -0.484. The Balaban J connectivity index is 2.41. The van der Waals surface area contributed by atoms with Crippen LogP contribution in [0.2, 0.25) is 0 Å². The zero-order valence-electron chi connectivity index (χ0n) is 10.6. The van der Waals surface area contributed by atoms with Gasteiger partial charge in [0.2, 0.25) is 0 Å². The molecular formula is C14H15FN2O2. The quantitative estimate of drug-likeness (QED) is 0.884. The van der Waals surface area contributed by atoms with E-state index in [1.165, 1.54) is 6.07 Å². The lowest BCUT2D eigenvalue weighted by Crippen LogP contribution is -2.37. The van der Waals surface area contributed by atoms with E-state index >= 15 is 0 Å². The van der Waals surface area contributed by atoms with E-state index in [1.807, 2.05) is 6.92 Å². The van der Waals surface area contributed by atoms with Crippen molar-refractivity contribution in [2.75, 3.05) is 6.61 Å². The maximum atomic E-state index is 13.5. The van der Waals surface area contributed by atoms with Gasteiger partial charge < -0.3 is 10.4 Å². The van der Waals surface area contributed by atoms with Crippen molar-refractivity contribution in [3.8, 4) is 0 Å². The Kier molecular flexibility index (Phi) is 4.06. The molecule has 1 heterocycles. The molecule has 1 aromatic heterocycles. The Morgan fingerprint density at radius 1 is 1.53 bits per heavy atom. The minimum absolute atomic E-state index is 0.150. The molecule has 1 amide bonds. The molecule has 4 nitrogen and oxygen atoms in total. The zero-order chi connectivity index (χ0) is 13.8. The van der Waals surface area contributed by atoms with Crippen molar-refractivity contribution in [3.63, 3.8) is 0 Å². The van der Waals surface area contributed by atoms with Crippen LogP contribution in [0.25, 0.3) is 10.9 Å². The fourth-order valence-electron chi connectivity index (χ4n) is 1.87. The fraction of sp³-hybridized carbons (Fsp3) is 0.286. The first-order chi connectivity index (χ1) is 9.15. The average Bonchev–Trinajstić information content (AvgIpc) is 2.43. The molecule has 0 radical (unpaired) electrons. The van der Waals surface area contributed by atoms with Gasteiger partial charge in [0.05, 0.1) is 23.7 Å². The molecule has 0 bridgehead atoms. The number of hydrogen-bond donors (Lipinski definition) is 2. The van der Waals surface area contributed by atoms with E-state index in [1.54, 1.807) is 18.3 Å². The van der Waals surface area contributed by atoms with E-state index < -0.39 is 11.7 Å². The third-order valence-electron chi connectivity index (χ3n) is 2.96. The number of carbonyl (C=O) groups is 1. The number of aromatic nitrogens is 1. The van der Waals surface area contributed by atoms with Crippen LogP contribution in [-0.2, 0) is 0 Å². The number of aliphatic hydroxyl groups is 1.